The minimum atomic E-state index is 0.0713. The monoisotopic (exact) mass is 424 g/mol. The fourth-order valence-corrected chi connectivity index (χ4v) is 3.89. The first-order valence-electron chi connectivity index (χ1n) is 10.7. The van der Waals surface area contributed by atoms with E-state index in [-0.39, 0.29) is 11.8 Å². The van der Waals surface area contributed by atoms with Gasteiger partial charge in [-0.1, -0.05) is 18.2 Å². The highest BCUT2D eigenvalue weighted by Crippen LogP contribution is 2.31. The van der Waals surface area contributed by atoms with Crippen LogP contribution in [-0.4, -0.2) is 68.1 Å². The Hall–Kier alpha value is -3.22. The summed E-state index contributed by atoms with van der Waals surface area (Å²) in [6, 6.07) is 13.4. The summed E-state index contributed by atoms with van der Waals surface area (Å²) in [7, 11) is 1.64. The molecular weight excluding hydrogens is 396 g/mol. The fraction of sp³-hybridized carbons (Fsp3) is 0.417. The van der Waals surface area contributed by atoms with E-state index in [0.29, 0.717) is 64.4 Å². The summed E-state index contributed by atoms with van der Waals surface area (Å²) in [6.45, 7) is 3.37. The summed E-state index contributed by atoms with van der Waals surface area (Å²) in [5.41, 5.74) is 2.02. The molecule has 2 aliphatic heterocycles. The Kier molecular flexibility index (Phi) is 6.60. The second kappa shape index (κ2) is 9.73. The first-order chi connectivity index (χ1) is 15.1. The lowest BCUT2D eigenvalue weighted by atomic mass is 10.1. The summed E-state index contributed by atoms with van der Waals surface area (Å²) in [4.78, 5) is 29.0. The molecule has 0 N–H and O–H groups in total. The second-order valence-corrected chi connectivity index (χ2v) is 7.76. The molecule has 1 saturated heterocycles. The molecule has 2 aromatic rings. The number of rotatable bonds is 6. The molecular formula is C24H28N2O5. The van der Waals surface area contributed by atoms with Gasteiger partial charge in [-0.05, 0) is 41.8 Å². The Morgan fingerprint density at radius 3 is 2.13 bits per heavy atom. The zero-order valence-electron chi connectivity index (χ0n) is 17.8. The van der Waals surface area contributed by atoms with E-state index < -0.39 is 0 Å². The molecule has 4 rings (SSSR count). The molecule has 31 heavy (non-hydrogen) atoms. The maximum absolute atomic E-state index is 12.7. The van der Waals surface area contributed by atoms with Crippen LogP contribution in [0.4, 0.5) is 0 Å². The van der Waals surface area contributed by atoms with Crippen molar-refractivity contribution < 1.29 is 23.8 Å². The molecule has 2 aliphatic rings. The molecule has 164 valence electrons. The summed E-state index contributed by atoms with van der Waals surface area (Å²) in [6.07, 6.45) is 1.49. The molecule has 1 fully saturated rings. The zero-order valence-corrected chi connectivity index (χ0v) is 17.8. The van der Waals surface area contributed by atoms with Crippen LogP contribution in [0.25, 0.3) is 0 Å². The third-order valence-corrected chi connectivity index (χ3v) is 5.73. The van der Waals surface area contributed by atoms with Crippen LogP contribution < -0.4 is 14.2 Å². The minimum Gasteiger partial charge on any atom is -0.497 e. The average molecular weight is 424 g/mol. The van der Waals surface area contributed by atoms with E-state index in [1.807, 2.05) is 52.3 Å². The molecule has 0 aromatic heterocycles. The molecule has 0 spiro atoms. The van der Waals surface area contributed by atoms with E-state index in [2.05, 4.69) is 0 Å². The van der Waals surface area contributed by atoms with Crippen LogP contribution in [0.3, 0.4) is 0 Å². The SMILES string of the molecule is COc1ccc(CCC(=O)N2CCN(C(=O)Cc3ccc4c(c3)OCCO4)CC2)cc1. The highest BCUT2D eigenvalue weighted by Gasteiger charge is 2.24. The smallest absolute Gasteiger partial charge is 0.227 e. The number of benzene rings is 2. The number of carbonyl (C=O) groups excluding carboxylic acids is 2. The first kappa shape index (κ1) is 21.0. The van der Waals surface area contributed by atoms with Crippen LogP contribution in [0, 0.1) is 0 Å². The number of aryl methyl sites for hydroxylation is 1. The molecule has 7 nitrogen and oxygen atoms in total. The molecule has 0 saturated carbocycles. The lowest BCUT2D eigenvalue weighted by Gasteiger charge is -2.35. The largest absolute Gasteiger partial charge is 0.497 e. The quantitative estimate of drug-likeness (QED) is 0.712. The van der Waals surface area contributed by atoms with Crippen molar-refractivity contribution in [2.75, 3.05) is 46.5 Å². The Morgan fingerprint density at radius 1 is 0.839 bits per heavy atom. The van der Waals surface area contributed by atoms with Gasteiger partial charge in [0.05, 0.1) is 13.5 Å². The van der Waals surface area contributed by atoms with Gasteiger partial charge in [0.15, 0.2) is 11.5 Å². The van der Waals surface area contributed by atoms with Crippen LogP contribution in [0.1, 0.15) is 17.5 Å². The van der Waals surface area contributed by atoms with Gasteiger partial charge in [-0.3, -0.25) is 9.59 Å². The van der Waals surface area contributed by atoms with Crippen molar-refractivity contribution in [1.29, 1.82) is 0 Å². The number of piperazine rings is 1. The predicted octanol–water partition coefficient (Wildman–Crippen LogP) is 2.31. The number of ether oxygens (including phenoxy) is 3. The van der Waals surface area contributed by atoms with E-state index >= 15 is 0 Å². The summed E-state index contributed by atoms with van der Waals surface area (Å²) < 4.78 is 16.3. The maximum atomic E-state index is 12.7. The van der Waals surface area contributed by atoms with Gasteiger partial charge in [0, 0.05) is 32.6 Å². The second-order valence-electron chi connectivity index (χ2n) is 7.76. The number of carbonyl (C=O) groups is 2. The van der Waals surface area contributed by atoms with Crippen LogP contribution in [0.15, 0.2) is 42.5 Å². The van der Waals surface area contributed by atoms with Gasteiger partial charge in [-0.15, -0.1) is 0 Å². The van der Waals surface area contributed by atoms with Gasteiger partial charge in [0.2, 0.25) is 11.8 Å². The number of nitrogens with zero attached hydrogens (tertiary/aromatic N) is 2. The molecule has 2 heterocycles. The summed E-state index contributed by atoms with van der Waals surface area (Å²) in [5.74, 6) is 2.44. The van der Waals surface area contributed by atoms with Gasteiger partial charge >= 0.3 is 0 Å². The highest BCUT2D eigenvalue weighted by atomic mass is 16.6. The van der Waals surface area contributed by atoms with Gasteiger partial charge in [0.25, 0.3) is 0 Å². The zero-order chi connectivity index (χ0) is 21.6. The van der Waals surface area contributed by atoms with E-state index in [9.17, 15) is 9.59 Å². The maximum Gasteiger partial charge on any atom is 0.227 e. The van der Waals surface area contributed by atoms with E-state index in [4.69, 9.17) is 14.2 Å². The van der Waals surface area contributed by atoms with Crippen molar-refractivity contribution in [2.45, 2.75) is 19.3 Å². The molecule has 0 aliphatic carbocycles. The fourth-order valence-electron chi connectivity index (χ4n) is 3.89. The first-order valence-corrected chi connectivity index (χ1v) is 10.7. The third kappa shape index (κ3) is 5.29. The van der Waals surface area contributed by atoms with Crippen molar-refractivity contribution in [1.82, 2.24) is 9.80 Å². The van der Waals surface area contributed by atoms with Crippen molar-refractivity contribution in [3.8, 4) is 17.2 Å². The molecule has 2 aromatic carbocycles. The van der Waals surface area contributed by atoms with E-state index in [0.717, 1.165) is 22.6 Å². The van der Waals surface area contributed by atoms with Crippen LogP contribution in [0.5, 0.6) is 17.2 Å². The topological polar surface area (TPSA) is 68.3 Å². The van der Waals surface area contributed by atoms with Crippen molar-refractivity contribution in [3.05, 3.63) is 53.6 Å². The van der Waals surface area contributed by atoms with Crippen LogP contribution >= 0.6 is 0 Å². The van der Waals surface area contributed by atoms with Crippen LogP contribution in [-0.2, 0) is 22.4 Å². The number of hydrogen-bond acceptors (Lipinski definition) is 5. The molecule has 0 radical (unpaired) electrons. The lowest BCUT2D eigenvalue weighted by Crippen LogP contribution is -2.51. The molecule has 2 amide bonds. The Bertz CT molecular complexity index is 920. The van der Waals surface area contributed by atoms with E-state index in [1.165, 1.54) is 0 Å². The summed E-state index contributed by atoms with van der Waals surface area (Å²) >= 11 is 0. The number of hydrogen-bond donors (Lipinski definition) is 0. The minimum absolute atomic E-state index is 0.0713. The number of fused-ring (bicyclic) bond motifs is 1. The molecule has 0 unspecified atom stereocenters. The molecule has 7 heteroatoms. The van der Waals surface area contributed by atoms with Crippen molar-refractivity contribution in [3.63, 3.8) is 0 Å². The van der Waals surface area contributed by atoms with E-state index in [1.54, 1.807) is 7.11 Å². The molecule has 0 bridgehead atoms. The summed E-state index contributed by atoms with van der Waals surface area (Å²) in [5, 5.41) is 0. The van der Waals surface area contributed by atoms with Gasteiger partial charge in [-0.2, -0.15) is 0 Å². The number of methoxy groups -OCH3 is 1. The van der Waals surface area contributed by atoms with Gasteiger partial charge in [0.1, 0.15) is 19.0 Å². The normalized spacial score (nSPS) is 15.5. The molecule has 0 atom stereocenters. The van der Waals surface area contributed by atoms with Crippen LogP contribution in [0.2, 0.25) is 0 Å². The number of amides is 2. The Balaban J connectivity index is 1.23. The van der Waals surface area contributed by atoms with Gasteiger partial charge < -0.3 is 24.0 Å². The highest BCUT2D eigenvalue weighted by molar-refractivity contribution is 5.80. The van der Waals surface area contributed by atoms with Crippen molar-refractivity contribution >= 4 is 11.8 Å². The predicted molar refractivity (Wildman–Crippen MR) is 116 cm³/mol. The Morgan fingerprint density at radius 2 is 1.45 bits per heavy atom. The lowest BCUT2D eigenvalue weighted by molar-refractivity contribution is -0.139. The standard InChI is InChI=1S/C24H28N2O5/c1-29-20-6-2-18(3-7-20)5-9-23(27)25-10-12-26(13-11-25)24(28)17-19-4-8-21-22(16-19)31-15-14-30-21/h2-4,6-8,16H,5,9-15,17H2,1H3. The van der Waals surface area contributed by atoms with Gasteiger partial charge in [-0.25, -0.2) is 0 Å². The van der Waals surface area contributed by atoms with Crippen molar-refractivity contribution in [2.24, 2.45) is 0 Å². The average Bonchev–Trinajstić information content (AvgIpc) is 2.83. The third-order valence-electron chi connectivity index (χ3n) is 5.73. The Labute approximate surface area is 182 Å².